The summed E-state index contributed by atoms with van der Waals surface area (Å²) in [7, 11) is 2.59. The first kappa shape index (κ1) is 17.8. The van der Waals surface area contributed by atoms with E-state index in [-0.39, 0.29) is 5.75 Å². The van der Waals surface area contributed by atoms with E-state index >= 15 is 0 Å². The minimum absolute atomic E-state index is 0.238. The molecule has 0 aromatic rings. The lowest BCUT2D eigenvalue weighted by Gasteiger charge is -2.18. The number of nitrogens with one attached hydrogen (secondary N) is 1. The van der Waals surface area contributed by atoms with Crippen molar-refractivity contribution in [3.8, 4) is 0 Å². The van der Waals surface area contributed by atoms with Gasteiger partial charge in [0.1, 0.15) is 0 Å². The van der Waals surface area contributed by atoms with Gasteiger partial charge in [-0.15, -0.1) is 0 Å². The minimum Gasteiger partial charge on any atom is -0.317 e. The van der Waals surface area contributed by atoms with Crippen LogP contribution in [0.5, 0.6) is 0 Å². The highest BCUT2D eigenvalue weighted by molar-refractivity contribution is 7.89. The van der Waals surface area contributed by atoms with Crippen molar-refractivity contribution in [2.45, 2.75) is 26.2 Å². The van der Waals surface area contributed by atoms with Crippen LogP contribution in [0.15, 0.2) is 0 Å². The molecule has 0 unspecified atom stereocenters. The normalized spacial score (nSPS) is 12.6. The average Bonchev–Trinajstić information content (AvgIpc) is 2.28. The molecule has 0 saturated heterocycles. The highest BCUT2D eigenvalue weighted by atomic mass is 32.2. The summed E-state index contributed by atoms with van der Waals surface area (Å²) < 4.78 is 25.3. The first-order chi connectivity index (χ1) is 8.40. The quantitative estimate of drug-likeness (QED) is 0.563. The van der Waals surface area contributed by atoms with Crippen molar-refractivity contribution < 1.29 is 8.42 Å². The van der Waals surface area contributed by atoms with Gasteiger partial charge in [0, 0.05) is 13.6 Å². The average molecular weight is 279 g/mol. The maximum atomic E-state index is 11.9. The molecule has 0 rings (SSSR count). The first-order valence-electron chi connectivity index (χ1n) is 6.69. The topological polar surface area (TPSA) is 52.7 Å². The molecular weight excluding hydrogens is 250 g/mol. The molecule has 0 aliphatic carbocycles. The van der Waals surface area contributed by atoms with Crippen molar-refractivity contribution in [1.82, 2.24) is 14.5 Å². The molecule has 0 spiro atoms. The molecule has 0 atom stereocenters. The minimum atomic E-state index is -3.07. The third kappa shape index (κ3) is 8.85. The van der Waals surface area contributed by atoms with Crippen LogP contribution in [0.25, 0.3) is 0 Å². The van der Waals surface area contributed by atoms with Gasteiger partial charge < -0.3 is 10.2 Å². The molecule has 6 heteroatoms. The molecule has 0 aromatic carbocycles. The van der Waals surface area contributed by atoms with Crippen LogP contribution < -0.4 is 5.32 Å². The molecule has 0 aromatic heterocycles. The fraction of sp³-hybridized carbons (Fsp3) is 1.00. The van der Waals surface area contributed by atoms with Crippen molar-refractivity contribution in [2.24, 2.45) is 0 Å². The summed E-state index contributed by atoms with van der Waals surface area (Å²) in [5, 5.41) is 3.22. The third-order valence-corrected chi connectivity index (χ3v) is 4.67. The zero-order valence-electron chi connectivity index (χ0n) is 12.3. The largest absolute Gasteiger partial charge is 0.317 e. The Hall–Kier alpha value is -0.170. The lowest BCUT2D eigenvalue weighted by atomic mass is 10.4. The Labute approximate surface area is 113 Å². The molecule has 0 bridgehead atoms. The third-order valence-electron chi connectivity index (χ3n) is 2.74. The molecule has 0 aliphatic rings. The second-order valence-corrected chi connectivity index (χ2v) is 7.09. The fourth-order valence-electron chi connectivity index (χ4n) is 1.59. The molecule has 5 nitrogen and oxygen atoms in total. The first-order valence-corrected chi connectivity index (χ1v) is 8.30. The molecule has 0 aliphatic heterocycles. The van der Waals surface area contributed by atoms with E-state index in [1.807, 2.05) is 14.1 Å². The lowest BCUT2D eigenvalue weighted by molar-refractivity contribution is 0.370. The smallest absolute Gasteiger partial charge is 0.213 e. The van der Waals surface area contributed by atoms with Gasteiger partial charge in [0.05, 0.1) is 5.75 Å². The van der Waals surface area contributed by atoms with Crippen molar-refractivity contribution in [3.63, 3.8) is 0 Å². The van der Waals surface area contributed by atoms with Crippen LogP contribution in [0.1, 0.15) is 26.2 Å². The second kappa shape index (κ2) is 9.72. The maximum Gasteiger partial charge on any atom is 0.213 e. The van der Waals surface area contributed by atoms with Crippen LogP contribution in [-0.4, -0.2) is 70.7 Å². The predicted octanol–water partition coefficient (Wildman–Crippen LogP) is 0.589. The van der Waals surface area contributed by atoms with Gasteiger partial charge >= 0.3 is 0 Å². The van der Waals surface area contributed by atoms with Crippen LogP contribution in [-0.2, 0) is 10.0 Å². The summed E-state index contributed by atoms with van der Waals surface area (Å²) in [6.45, 7) is 5.35. The molecule has 18 heavy (non-hydrogen) atoms. The number of hydrogen-bond donors (Lipinski definition) is 1. The van der Waals surface area contributed by atoms with Gasteiger partial charge in [-0.25, -0.2) is 12.7 Å². The van der Waals surface area contributed by atoms with E-state index in [1.54, 1.807) is 7.05 Å². The highest BCUT2D eigenvalue weighted by Gasteiger charge is 2.16. The number of rotatable bonds is 11. The second-order valence-electron chi connectivity index (χ2n) is 4.90. The van der Waals surface area contributed by atoms with E-state index in [0.29, 0.717) is 13.0 Å². The highest BCUT2D eigenvalue weighted by Crippen LogP contribution is 2.01. The number of hydrogen-bond acceptors (Lipinski definition) is 4. The van der Waals surface area contributed by atoms with E-state index in [4.69, 9.17) is 0 Å². The number of sulfonamides is 1. The molecular formula is C12H29N3O2S. The van der Waals surface area contributed by atoms with E-state index in [2.05, 4.69) is 17.1 Å². The zero-order chi connectivity index (χ0) is 14.0. The van der Waals surface area contributed by atoms with Gasteiger partial charge in [0.15, 0.2) is 0 Å². The Kier molecular flexibility index (Phi) is 9.63. The Bertz CT molecular complexity index is 292. The Morgan fingerprint density at radius 3 is 2.22 bits per heavy atom. The summed E-state index contributed by atoms with van der Waals surface area (Å²) in [6, 6.07) is 0. The SMILES string of the molecule is CCCNCCCS(=O)(=O)N(C)CCCN(C)C. The summed E-state index contributed by atoms with van der Waals surface area (Å²) in [5.74, 6) is 0.238. The summed E-state index contributed by atoms with van der Waals surface area (Å²) >= 11 is 0. The van der Waals surface area contributed by atoms with Crippen LogP contribution in [0.4, 0.5) is 0 Å². The Balaban J connectivity index is 3.82. The van der Waals surface area contributed by atoms with E-state index < -0.39 is 10.0 Å². The molecule has 0 heterocycles. The monoisotopic (exact) mass is 279 g/mol. The fourth-order valence-corrected chi connectivity index (χ4v) is 2.81. The van der Waals surface area contributed by atoms with Crippen LogP contribution >= 0.6 is 0 Å². The molecule has 0 radical (unpaired) electrons. The Morgan fingerprint density at radius 1 is 1.00 bits per heavy atom. The summed E-state index contributed by atoms with van der Waals surface area (Å²) in [6.07, 6.45) is 2.63. The standard InChI is InChI=1S/C12H29N3O2S/c1-5-8-13-9-6-12-18(16,17)15(4)11-7-10-14(2)3/h13H,5-12H2,1-4H3. The van der Waals surface area contributed by atoms with Crippen molar-refractivity contribution in [3.05, 3.63) is 0 Å². The van der Waals surface area contributed by atoms with E-state index in [9.17, 15) is 8.42 Å². The van der Waals surface area contributed by atoms with Crippen LogP contribution in [0, 0.1) is 0 Å². The van der Waals surface area contributed by atoms with Crippen LogP contribution in [0.2, 0.25) is 0 Å². The predicted molar refractivity (Wildman–Crippen MR) is 77.4 cm³/mol. The molecule has 0 amide bonds. The summed E-state index contributed by atoms with van der Waals surface area (Å²) in [4.78, 5) is 2.06. The van der Waals surface area contributed by atoms with E-state index in [1.165, 1.54) is 4.31 Å². The van der Waals surface area contributed by atoms with Gasteiger partial charge in [0.2, 0.25) is 10.0 Å². The van der Waals surface area contributed by atoms with Crippen molar-refractivity contribution in [1.29, 1.82) is 0 Å². The van der Waals surface area contributed by atoms with Crippen molar-refractivity contribution >= 4 is 10.0 Å². The maximum absolute atomic E-state index is 11.9. The van der Waals surface area contributed by atoms with Gasteiger partial charge in [-0.1, -0.05) is 6.92 Å². The van der Waals surface area contributed by atoms with Gasteiger partial charge in [-0.3, -0.25) is 0 Å². The van der Waals surface area contributed by atoms with Gasteiger partial charge in [-0.2, -0.15) is 0 Å². The molecule has 110 valence electrons. The van der Waals surface area contributed by atoms with Crippen LogP contribution in [0.3, 0.4) is 0 Å². The van der Waals surface area contributed by atoms with Gasteiger partial charge in [-0.05, 0) is 53.0 Å². The lowest BCUT2D eigenvalue weighted by Crippen LogP contribution is -2.32. The summed E-state index contributed by atoms with van der Waals surface area (Å²) in [5.41, 5.74) is 0. The zero-order valence-corrected chi connectivity index (χ0v) is 13.1. The number of nitrogens with zero attached hydrogens (tertiary/aromatic N) is 2. The molecule has 0 saturated carbocycles. The Morgan fingerprint density at radius 2 is 1.67 bits per heavy atom. The van der Waals surface area contributed by atoms with Crippen molar-refractivity contribution in [2.75, 3.05) is 53.1 Å². The molecule has 0 fully saturated rings. The van der Waals surface area contributed by atoms with E-state index in [0.717, 1.165) is 32.5 Å². The molecule has 1 N–H and O–H groups in total. The van der Waals surface area contributed by atoms with Gasteiger partial charge in [0.25, 0.3) is 0 Å².